The van der Waals surface area contributed by atoms with E-state index in [4.69, 9.17) is 19.2 Å². The van der Waals surface area contributed by atoms with Crippen LogP contribution in [0.4, 0.5) is 0 Å². The molecule has 3 aliphatic rings. The van der Waals surface area contributed by atoms with Gasteiger partial charge in [-0.2, -0.15) is 0 Å². The zero-order valence-corrected chi connectivity index (χ0v) is 18.8. The third-order valence-corrected chi connectivity index (χ3v) is 8.67. The van der Waals surface area contributed by atoms with Crippen LogP contribution in [0.15, 0.2) is 24.3 Å². The molecule has 160 valence electrons. The van der Waals surface area contributed by atoms with Crippen LogP contribution in [-0.2, 0) is 22.6 Å². The van der Waals surface area contributed by atoms with Crippen molar-refractivity contribution in [3.63, 3.8) is 0 Å². The number of nitrogens with zero attached hydrogens (tertiary/aromatic N) is 1. The van der Waals surface area contributed by atoms with E-state index in [9.17, 15) is 4.79 Å². The van der Waals surface area contributed by atoms with Crippen LogP contribution in [0.5, 0.6) is 11.5 Å². The first-order valence-electron chi connectivity index (χ1n) is 10.9. The van der Waals surface area contributed by atoms with Crippen molar-refractivity contribution in [2.24, 2.45) is 23.2 Å². The molecule has 1 saturated heterocycles. The quantitative estimate of drug-likeness (QED) is 0.644. The van der Waals surface area contributed by atoms with Crippen molar-refractivity contribution >= 4 is 17.3 Å². The molecular formula is C24H29NO4S. The third kappa shape index (κ3) is 3.11. The molecule has 2 heterocycles. The molecule has 0 radical (unpaired) electrons. The van der Waals surface area contributed by atoms with E-state index in [0.717, 1.165) is 35.8 Å². The summed E-state index contributed by atoms with van der Waals surface area (Å²) in [6, 6.07) is 7.63. The van der Waals surface area contributed by atoms with Gasteiger partial charge in [0, 0.05) is 22.6 Å². The molecule has 6 unspecified atom stereocenters. The zero-order valence-electron chi connectivity index (χ0n) is 18.0. The number of hydrogen-bond acceptors (Lipinski definition) is 6. The van der Waals surface area contributed by atoms with Crippen molar-refractivity contribution in [3.8, 4) is 11.5 Å². The molecule has 0 amide bonds. The van der Waals surface area contributed by atoms with Crippen LogP contribution in [0.1, 0.15) is 55.1 Å². The minimum atomic E-state index is -0.0147. The van der Waals surface area contributed by atoms with Crippen LogP contribution in [0.25, 0.3) is 0 Å². The third-order valence-electron chi connectivity index (χ3n) is 7.62. The first kappa shape index (κ1) is 19.9. The van der Waals surface area contributed by atoms with Crippen molar-refractivity contribution < 1.29 is 19.0 Å². The lowest BCUT2D eigenvalue weighted by molar-refractivity contribution is -0.149. The molecule has 2 aromatic rings. The summed E-state index contributed by atoms with van der Waals surface area (Å²) in [6.07, 6.45) is 3.29. The maximum absolute atomic E-state index is 12.3. The Balaban J connectivity index is 1.36. The van der Waals surface area contributed by atoms with E-state index in [0.29, 0.717) is 18.4 Å². The van der Waals surface area contributed by atoms with E-state index in [1.807, 2.05) is 31.2 Å². The average molecular weight is 428 g/mol. The molecule has 0 N–H and O–H groups in total. The van der Waals surface area contributed by atoms with E-state index < -0.39 is 0 Å². The summed E-state index contributed by atoms with van der Waals surface area (Å²) in [4.78, 5) is 18.6. The van der Waals surface area contributed by atoms with E-state index in [-0.39, 0.29) is 29.3 Å². The number of hydrogen-bond donors (Lipinski definition) is 0. The summed E-state index contributed by atoms with van der Waals surface area (Å²) in [7, 11) is 1.66. The Hall–Kier alpha value is -2.08. The summed E-state index contributed by atoms with van der Waals surface area (Å²) in [5, 5.41) is 1.01. The summed E-state index contributed by atoms with van der Waals surface area (Å²) in [5.74, 6) is 2.63. The van der Waals surface area contributed by atoms with Gasteiger partial charge in [0.25, 0.3) is 0 Å². The number of thiazole rings is 1. The number of carbonyl (C=O) groups excluding carboxylic acids is 1. The van der Waals surface area contributed by atoms with Crippen molar-refractivity contribution in [1.29, 1.82) is 0 Å². The first-order chi connectivity index (χ1) is 14.4. The lowest BCUT2D eigenvalue weighted by Gasteiger charge is -2.51. The monoisotopic (exact) mass is 427 g/mol. The summed E-state index contributed by atoms with van der Waals surface area (Å²) in [5.41, 5.74) is 1.35. The molecule has 5 rings (SSSR count). The van der Waals surface area contributed by atoms with Gasteiger partial charge in [0.2, 0.25) is 0 Å². The molecule has 2 aliphatic carbocycles. The molecule has 6 atom stereocenters. The molecule has 6 heteroatoms. The standard InChI is InChI=1S/C24H29NO4S/c1-13-17-9-10-24(3)11-18-21(14(2)20(24)22(17)29-23(13)26)25-19(30-18)12-28-16-7-5-15(27-4)6-8-16/h5-8,13-14,17,20,22H,9-12H2,1-4H3. The predicted molar refractivity (Wildman–Crippen MR) is 115 cm³/mol. The molecule has 1 aliphatic heterocycles. The van der Waals surface area contributed by atoms with Crippen LogP contribution in [0.2, 0.25) is 0 Å². The fourth-order valence-electron chi connectivity index (χ4n) is 6.01. The molecule has 30 heavy (non-hydrogen) atoms. The van der Waals surface area contributed by atoms with Crippen molar-refractivity contribution in [3.05, 3.63) is 39.8 Å². The van der Waals surface area contributed by atoms with Gasteiger partial charge in [0.15, 0.2) is 0 Å². The Bertz CT molecular complexity index is 955. The largest absolute Gasteiger partial charge is 0.497 e. The van der Waals surface area contributed by atoms with Crippen LogP contribution < -0.4 is 9.47 Å². The second-order valence-electron chi connectivity index (χ2n) is 9.42. The number of esters is 1. The van der Waals surface area contributed by atoms with Gasteiger partial charge in [-0.3, -0.25) is 4.79 Å². The van der Waals surface area contributed by atoms with Crippen LogP contribution in [0, 0.1) is 23.2 Å². The maximum atomic E-state index is 12.3. The van der Waals surface area contributed by atoms with E-state index in [2.05, 4.69) is 13.8 Å². The van der Waals surface area contributed by atoms with Crippen LogP contribution in [0.3, 0.4) is 0 Å². The van der Waals surface area contributed by atoms with Gasteiger partial charge in [-0.05, 0) is 48.9 Å². The zero-order chi connectivity index (χ0) is 21.0. The molecule has 1 aromatic carbocycles. The number of aromatic nitrogens is 1. The fourth-order valence-corrected chi connectivity index (χ4v) is 7.29. The number of methoxy groups -OCH3 is 1. The SMILES string of the molecule is COc1ccc(OCc2nc3c(s2)CC2(C)CCC4C(C)C(=O)OC4C2C3C)cc1. The number of rotatable bonds is 4. The molecule has 0 spiro atoms. The summed E-state index contributed by atoms with van der Waals surface area (Å²) >= 11 is 1.78. The van der Waals surface area contributed by atoms with Gasteiger partial charge in [-0.1, -0.05) is 20.8 Å². The maximum Gasteiger partial charge on any atom is 0.309 e. The minimum absolute atomic E-state index is 0.0147. The topological polar surface area (TPSA) is 57.7 Å². The fraction of sp³-hybridized carbons (Fsp3) is 0.583. The normalized spacial score (nSPS) is 34.5. The second-order valence-corrected chi connectivity index (χ2v) is 10.6. The molecular weight excluding hydrogens is 398 g/mol. The Morgan fingerprint density at radius 1 is 1.20 bits per heavy atom. The average Bonchev–Trinajstić information content (AvgIpc) is 3.26. The molecule has 1 saturated carbocycles. The highest BCUT2D eigenvalue weighted by molar-refractivity contribution is 7.11. The minimum Gasteiger partial charge on any atom is -0.497 e. The summed E-state index contributed by atoms with van der Waals surface area (Å²) < 4.78 is 17.1. The molecule has 1 aromatic heterocycles. The first-order valence-corrected chi connectivity index (χ1v) is 11.7. The number of fused-ring (bicyclic) bond motifs is 4. The van der Waals surface area contributed by atoms with Gasteiger partial charge < -0.3 is 14.2 Å². The molecule has 5 nitrogen and oxygen atoms in total. The Morgan fingerprint density at radius 3 is 2.67 bits per heavy atom. The van der Waals surface area contributed by atoms with Crippen LogP contribution in [-0.4, -0.2) is 24.2 Å². The van der Waals surface area contributed by atoms with Gasteiger partial charge in [0.1, 0.15) is 29.2 Å². The van der Waals surface area contributed by atoms with E-state index >= 15 is 0 Å². The Labute approximate surface area is 181 Å². The van der Waals surface area contributed by atoms with Crippen LogP contribution >= 0.6 is 11.3 Å². The van der Waals surface area contributed by atoms with Crippen molar-refractivity contribution in [1.82, 2.24) is 4.98 Å². The van der Waals surface area contributed by atoms with Crippen molar-refractivity contribution in [2.45, 2.75) is 58.7 Å². The lowest BCUT2D eigenvalue weighted by atomic mass is 9.54. The lowest BCUT2D eigenvalue weighted by Crippen LogP contribution is -2.50. The van der Waals surface area contributed by atoms with Gasteiger partial charge in [-0.25, -0.2) is 4.98 Å². The van der Waals surface area contributed by atoms with E-state index in [1.54, 1.807) is 18.4 Å². The number of ether oxygens (including phenoxy) is 3. The highest BCUT2D eigenvalue weighted by Crippen LogP contribution is 2.59. The van der Waals surface area contributed by atoms with Gasteiger partial charge in [-0.15, -0.1) is 11.3 Å². The second kappa shape index (κ2) is 7.26. The van der Waals surface area contributed by atoms with Crippen molar-refractivity contribution in [2.75, 3.05) is 7.11 Å². The Morgan fingerprint density at radius 2 is 1.93 bits per heavy atom. The summed E-state index contributed by atoms with van der Waals surface area (Å²) in [6.45, 7) is 7.16. The molecule has 2 fully saturated rings. The highest BCUT2D eigenvalue weighted by atomic mass is 32.1. The number of benzene rings is 1. The van der Waals surface area contributed by atoms with Gasteiger partial charge in [0.05, 0.1) is 18.7 Å². The van der Waals surface area contributed by atoms with Gasteiger partial charge >= 0.3 is 5.97 Å². The Kier molecular flexibility index (Phi) is 4.80. The molecule has 0 bridgehead atoms. The number of carbonyl (C=O) groups is 1. The smallest absolute Gasteiger partial charge is 0.309 e. The highest BCUT2D eigenvalue weighted by Gasteiger charge is 2.58. The predicted octanol–water partition coefficient (Wildman–Crippen LogP) is 4.98. The van der Waals surface area contributed by atoms with E-state index in [1.165, 1.54) is 10.6 Å².